The Labute approximate surface area is 134 Å². The minimum Gasteiger partial charge on any atom is -0.394 e. The minimum atomic E-state index is -0.272. The number of nitrogens with zero attached hydrogens (tertiary/aromatic N) is 1. The van der Waals surface area contributed by atoms with Gasteiger partial charge in [0, 0.05) is 0 Å². The third-order valence-electron chi connectivity index (χ3n) is 3.32. The third kappa shape index (κ3) is 4.84. The fraction of sp³-hybridized carbons (Fsp3) is 0.500. The van der Waals surface area contributed by atoms with Crippen molar-refractivity contribution < 1.29 is 28.9 Å². The molecule has 0 saturated carbocycles. The van der Waals surface area contributed by atoms with Crippen molar-refractivity contribution in [2.24, 2.45) is 0 Å². The van der Waals surface area contributed by atoms with E-state index in [0.29, 0.717) is 44.2 Å². The predicted molar refractivity (Wildman–Crippen MR) is 81.4 cm³/mol. The lowest BCUT2D eigenvalue weighted by Crippen LogP contribution is -2.33. The zero-order valence-corrected chi connectivity index (χ0v) is 12.9. The first-order valence-corrected chi connectivity index (χ1v) is 7.55. The summed E-state index contributed by atoms with van der Waals surface area (Å²) in [6.45, 7) is 2.45. The van der Waals surface area contributed by atoms with Crippen LogP contribution >= 0.6 is 0 Å². The molecule has 7 heteroatoms. The first-order chi connectivity index (χ1) is 11.3. The highest BCUT2D eigenvalue weighted by Gasteiger charge is 2.34. The zero-order chi connectivity index (χ0) is 16.5. The molecule has 7 nitrogen and oxygen atoms in total. The molecule has 0 aromatic heterocycles. The number of benzene rings is 1. The Morgan fingerprint density at radius 2 is 1.26 bits per heavy atom. The van der Waals surface area contributed by atoms with Crippen molar-refractivity contribution in [3.8, 4) is 0 Å². The summed E-state index contributed by atoms with van der Waals surface area (Å²) < 4.78 is 15.7. The molecule has 126 valence electrons. The van der Waals surface area contributed by atoms with Crippen molar-refractivity contribution in [1.82, 2.24) is 4.90 Å². The van der Waals surface area contributed by atoms with Crippen molar-refractivity contribution in [3.05, 3.63) is 35.4 Å². The normalized spacial score (nSPS) is 13.7. The van der Waals surface area contributed by atoms with Crippen LogP contribution in [0.25, 0.3) is 0 Å². The Morgan fingerprint density at radius 3 is 1.78 bits per heavy atom. The number of rotatable bonds is 11. The first-order valence-electron chi connectivity index (χ1n) is 7.55. The molecule has 0 bridgehead atoms. The van der Waals surface area contributed by atoms with Gasteiger partial charge >= 0.3 is 0 Å². The summed E-state index contributed by atoms with van der Waals surface area (Å²) in [4.78, 5) is 25.4. The van der Waals surface area contributed by atoms with Crippen LogP contribution in [-0.4, -0.2) is 74.6 Å². The summed E-state index contributed by atoms with van der Waals surface area (Å²) in [5.74, 6) is -0.544. The van der Waals surface area contributed by atoms with E-state index in [-0.39, 0.29) is 31.6 Å². The number of hydrogen-bond donors (Lipinski definition) is 1. The lowest BCUT2D eigenvalue weighted by molar-refractivity contribution is 0.00533. The Bertz CT molecular complexity index is 498. The molecule has 1 aliphatic rings. The Balaban J connectivity index is 1.57. The molecule has 2 rings (SSSR count). The van der Waals surface area contributed by atoms with Gasteiger partial charge in [-0.05, 0) is 12.1 Å². The average molecular weight is 323 g/mol. The minimum absolute atomic E-state index is 0.000912. The van der Waals surface area contributed by atoms with Gasteiger partial charge in [0.05, 0.1) is 63.9 Å². The van der Waals surface area contributed by atoms with E-state index in [1.165, 1.54) is 4.90 Å². The van der Waals surface area contributed by atoms with E-state index in [9.17, 15) is 9.59 Å². The molecule has 2 amide bonds. The molecule has 1 aromatic rings. The maximum Gasteiger partial charge on any atom is 0.261 e. The largest absolute Gasteiger partial charge is 0.394 e. The van der Waals surface area contributed by atoms with Crippen LogP contribution in [0.5, 0.6) is 0 Å². The Morgan fingerprint density at radius 1 is 0.783 bits per heavy atom. The van der Waals surface area contributed by atoms with Crippen molar-refractivity contribution >= 4 is 11.8 Å². The van der Waals surface area contributed by atoms with Crippen LogP contribution in [0.15, 0.2) is 24.3 Å². The summed E-state index contributed by atoms with van der Waals surface area (Å²) >= 11 is 0. The molecule has 1 aliphatic heterocycles. The molecule has 0 aliphatic carbocycles. The van der Waals surface area contributed by atoms with Gasteiger partial charge in [0.1, 0.15) is 0 Å². The van der Waals surface area contributed by atoms with Crippen LogP contribution in [0.3, 0.4) is 0 Å². The van der Waals surface area contributed by atoms with Crippen LogP contribution in [0, 0.1) is 0 Å². The second kappa shape index (κ2) is 9.36. The number of imide groups is 1. The summed E-state index contributed by atoms with van der Waals surface area (Å²) in [7, 11) is 0. The first kappa shape index (κ1) is 17.6. The van der Waals surface area contributed by atoms with Crippen LogP contribution < -0.4 is 0 Å². The van der Waals surface area contributed by atoms with Crippen LogP contribution in [0.4, 0.5) is 0 Å². The van der Waals surface area contributed by atoms with Crippen LogP contribution in [0.2, 0.25) is 0 Å². The van der Waals surface area contributed by atoms with E-state index in [1.807, 2.05) is 0 Å². The smallest absolute Gasteiger partial charge is 0.261 e. The van der Waals surface area contributed by atoms with Gasteiger partial charge < -0.3 is 19.3 Å². The van der Waals surface area contributed by atoms with Gasteiger partial charge in [-0.15, -0.1) is 0 Å². The summed E-state index contributed by atoms with van der Waals surface area (Å²) in [6, 6.07) is 6.80. The Hall–Kier alpha value is -1.80. The second-order valence-corrected chi connectivity index (χ2v) is 4.87. The number of fused-ring (bicyclic) bond motifs is 1. The van der Waals surface area contributed by atoms with Gasteiger partial charge in [-0.1, -0.05) is 12.1 Å². The number of ether oxygens (including phenoxy) is 3. The zero-order valence-electron chi connectivity index (χ0n) is 12.9. The molecule has 0 fully saturated rings. The number of aliphatic hydroxyl groups excluding tert-OH is 1. The van der Waals surface area contributed by atoms with Gasteiger partial charge in [0.2, 0.25) is 0 Å². The molecule has 0 atom stereocenters. The van der Waals surface area contributed by atoms with Crippen molar-refractivity contribution in [3.63, 3.8) is 0 Å². The van der Waals surface area contributed by atoms with E-state index in [0.717, 1.165) is 0 Å². The van der Waals surface area contributed by atoms with E-state index in [4.69, 9.17) is 19.3 Å². The topological polar surface area (TPSA) is 85.3 Å². The molecule has 0 saturated heterocycles. The van der Waals surface area contributed by atoms with Crippen LogP contribution in [0.1, 0.15) is 20.7 Å². The molecule has 0 spiro atoms. The Kier molecular flexibility index (Phi) is 7.15. The number of amides is 2. The highest BCUT2D eigenvalue weighted by atomic mass is 16.5. The lowest BCUT2D eigenvalue weighted by Gasteiger charge is -2.13. The standard InChI is InChI=1S/C16H21NO6/c18-6-8-22-10-12-23-11-9-21-7-5-17-15(19)13-3-1-2-4-14(13)16(17)20/h1-4,18H,5-12H2. The molecular weight excluding hydrogens is 302 g/mol. The molecule has 23 heavy (non-hydrogen) atoms. The van der Waals surface area contributed by atoms with Crippen LogP contribution in [-0.2, 0) is 14.2 Å². The highest BCUT2D eigenvalue weighted by molar-refractivity contribution is 6.21. The summed E-state index contributed by atoms with van der Waals surface area (Å²) in [6.07, 6.45) is 0. The van der Waals surface area contributed by atoms with Gasteiger partial charge in [0.15, 0.2) is 0 Å². The maximum atomic E-state index is 12.1. The second-order valence-electron chi connectivity index (χ2n) is 4.87. The number of carbonyl (C=O) groups is 2. The summed E-state index contributed by atoms with van der Waals surface area (Å²) in [5, 5.41) is 8.51. The SMILES string of the molecule is O=C1c2ccccc2C(=O)N1CCOCCOCCOCCO. The highest BCUT2D eigenvalue weighted by Crippen LogP contribution is 2.21. The molecular formula is C16H21NO6. The van der Waals surface area contributed by atoms with E-state index in [2.05, 4.69) is 0 Å². The van der Waals surface area contributed by atoms with Gasteiger partial charge in [-0.25, -0.2) is 0 Å². The predicted octanol–water partition coefficient (Wildman–Crippen LogP) is 0.325. The van der Waals surface area contributed by atoms with Crippen molar-refractivity contribution in [2.75, 3.05) is 52.8 Å². The van der Waals surface area contributed by atoms with Gasteiger partial charge in [-0.3, -0.25) is 14.5 Å². The van der Waals surface area contributed by atoms with Gasteiger partial charge in [0.25, 0.3) is 11.8 Å². The number of carbonyl (C=O) groups excluding carboxylic acids is 2. The quantitative estimate of drug-likeness (QED) is 0.466. The lowest BCUT2D eigenvalue weighted by atomic mass is 10.1. The fourth-order valence-electron chi connectivity index (χ4n) is 2.20. The maximum absolute atomic E-state index is 12.1. The molecule has 1 heterocycles. The average Bonchev–Trinajstić information content (AvgIpc) is 2.81. The number of hydrogen-bond acceptors (Lipinski definition) is 6. The fourth-order valence-corrected chi connectivity index (χ4v) is 2.20. The van der Waals surface area contributed by atoms with E-state index < -0.39 is 0 Å². The monoisotopic (exact) mass is 323 g/mol. The van der Waals surface area contributed by atoms with Gasteiger partial charge in [-0.2, -0.15) is 0 Å². The van der Waals surface area contributed by atoms with Crippen molar-refractivity contribution in [2.45, 2.75) is 0 Å². The molecule has 1 aromatic carbocycles. The number of aliphatic hydroxyl groups is 1. The van der Waals surface area contributed by atoms with E-state index in [1.54, 1.807) is 24.3 Å². The van der Waals surface area contributed by atoms with Crippen molar-refractivity contribution in [1.29, 1.82) is 0 Å². The summed E-state index contributed by atoms with van der Waals surface area (Å²) in [5.41, 5.74) is 0.896. The van der Waals surface area contributed by atoms with E-state index >= 15 is 0 Å². The molecule has 1 N–H and O–H groups in total. The molecule has 0 radical (unpaired) electrons. The molecule has 0 unspecified atom stereocenters. The third-order valence-corrected chi connectivity index (χ3v) is 3.32.